The lowest BCUT2D eigenvalue weighted by atomic mass is 10.0. The molecule has 1 aromatic carbocycles. The lowest BCUT2D eigenvalue weighted by Gasteiger charge is -2.11. The lowest BCUT2D eigenvalue weighted by Crippen LogP contribution is -2.01. The summed E-state index contributed by atoms with van der Waals surface area (Å²) in [6.07, 6.45) is 1.80. The molecule has 0 spiro atoms. The first-order valence-electron chi connectivity index (χ1n) is 5.53. The topological polar surface area (TPSA) is 53.1 Å². The Balaban J connectivity index is 2.63. The van der Waals surface area contributed by atoms with Crippen LogP contribution in [-0.2, 0) is 13.6 Å². The number of benzene rings is 1. The van der Waals surface area contributed by atoms with Crippen LogP contribution in [0.2, 0.25) is 0 Å². The zero-order chi connectivity index (χ0) is 12.4. The summed E-state index contributed by atoms with van der Waals surface area (Å²) in [5.41, 5.74) is 9.96. The second kappa shape index (κ2) is 4.59. The van der Waals surface area contributed by atoms with Gasteiger partial charge in [0.05, 0.1) is 19.0 Å². The normalized spacial score (nSPS) is 10.6. The van der Waals surface area contributed by atoms with Gasteiger partial charge in [0.15, 0.2) is 0 Å². The molecular weight excluding hydrogens is 214 g/mol. The maximum atomic E-state index is 5.73. The Bertz CT molecular complexity index is 531. The fourth-order valence-corrected chi connectivity index (χ4v) is 1.97. The first kappa shape index (κ1) is 11.7. The van der Waals surface area contributed by atoms with Crippen molar-refractivity contribution in [2.75, 3.05) is 7.11 Å². The first-order valence-corrected chi connectivity index (χ1v) is 5.53. The minimum Gasteiger partial charge on any atom is -0.496 e. The maximum Gasteiger partial charge on any atom is 0.128 e. The molecule has 0 bridgehead atoms. The minimum atomic E-state index is 0.472. The van der Waals surface area contributed by atoms with E-state index in [1.807, 2.05) is 30.8 Å². The molecule has 17 heavy (non-hydrogen) atoms. The largest absolute Gasteiger partial charge is 0.496 e. The zero-order valence-electron chi connectivity index (χ0n) is 10.4. The fourth-order valence-electron chi connectivity index (χ4n) is 1.97. The van der Waals surface area contributed by atoms with E-state index >= 15 is 0 Å². The molecule has 90 valence electrons. The van der Waals surface area contributed by atoms with Gasteiger partial charge in [-0.05, 0) is 24.6 Å². The highest BCUT2D eigenvalue weighted by Gasteiger charge is 2.14. The number of nitrogens with two attached hydrogens (primary N) is 1. The van der Waals surface area contributed by atoms with Crippen LogP contribution in [0.3, 0.4) is 0 Å². The highest BCUT2D eigenvalue weighted by molar-refractivity contribution is 5.70. The van der Waals surface area contributed by atoms with Crippen molar-refractivity contribution < 1.29 is 4.74 Å². The summed E-state index contributed by atoms with van der Waals surface area (Å²) in [6.45, 7) is 2.51. The van der Waals surface area contributed by atoms with Crippen LogP contribution >= 0.6 is 0 Å². The van der Waals surface area contributed by atoms with E-state index in [1.54, 1.807) is 13.3 Å². The summed E-state index contributed by atoms with van der Waals surface area (Å²) in [5.74, 6) is 0.850. The second-order valence-corrected chi connectivity index (χ2v) is 4.05. The second-order valence-electron chi connectivity index (χ2n) is 4.05. The van der Waals surface area contributed by atoms with E-state index in [1.165, 1.54) is 5.56 Å². The SMILES string of the molecule is COc1cc(C)ccc1-c1c(CN)cnn1C. The average Bonchev–Trinajstić information content (AvgIpc) is 2.70. The quantitative estimate of drug-likeness (QED) is 0.877. The van der Waals surface area contributed by atoms with E-state index in [0.717, 1.165) is 22.6 Å². The van der Waals surface area contributed by atoms with Crippen molar-refractivity contribution in [3.63, 3.8) is 0 Å². The van der Waals surface area contributed by atoms with Gasteiger partial charge in [0.1, 0.15) is 5.75 Å². The number of hydrogen-bond donors (Lipinski definition) is 1. The van der Waals surface area contributed by atoms with Gasteiger partial charge < -0.3 is 10.5 Å². The predicted octanol–water partition coefficient (Wildman–Crippen LogP) is 1.86. The van der Waals surface area contributed by atoms with Gasteiger partial charge in [0.2, 0.25) is 0 Å². The van der Waals surface area contributed by atoms with E-state index in [-0.39, 0.29) is 0 Å². The fraction of sp³-hybridized carbons (Fsp3) is 0.308. The molecule has 0 aliphatic carbocycles. The van der Waals surface area contributed by atoms with Crippen molar-refractivity contribution >= 4 is 0 Å². The molecule has 0 aliphatic heterocycles. The van der Waals surface area contributed by atoms with Gasteiger partial charge in [0, 0.05) is 24.7 Å². The van der Waals surface area contributed by atoms with Gasteiger partial charge in [0.25, 0.3) is 0 Å². The summed E-state index contributed by atoms with van der Waals surface area (Å²) in [7, 11) is 3.59. The predicted molar refractivity (Wildman–Crippen MR) is 67.8 cm³/mol. The molecule has 1 aromatic heterocycles. The number of hydrogen-bond acceptors (Lipinski definition) is 3. The Morgan fingerprint density at radius 1 is 1.41 bits per heavy atom. The maximum absolute atomic E-state index is 5.73. The van der Waals surface area contributed by atoms with E-state index in [4.69, 9.17) is 10.5 Å². The van der Waals surface area contributed by atoms with E-state index in [9.17, 15) is 0 Å². The number of nitrogens with zero attached hydrogens (tertiary/aromatic N) is 2. The van der Waals surface area contributed by atoms with Crippen LogP contribution < -0.4 is 10.5 Å². The molecule has 0 saturated heterocycles. The molecule has 0 radical (unpaired) electrons. The molecule has 2 N–H and O–H groups in total. The van der Waals surface area contributed by atoms with E-state index in [0.29, 0.717) is 6.54 Å². The molecule has 0 unspecified atom stereocenters. The molecular formula is C13H17N3O. The summed E-state index contributed by atoms with van der Waals surface area (Å²) < 4.78 is 7.25. The molecule has 4 nitrogen and oxygen atoms in total. The number of rotatable bonds is 3. The Labute approximate surface area is 101 Å². The van der Waals surface area contributed by atoms with Crippen LogP contribution in [0, 0.1) is 6.92 Å². The lowest BCUT2D eigenvalue weighted by molar-refractivity contribution is 0.415. The van der Waals surface area contributed by atoms with Crippen LogP contribution in [0.15, 0.2) is 24.4 Å². The molecule has 0 fully saturated rings. The Morgan fingerprint density at radius 3 is 2.82 bits per heavy atom. The highest BCUT2D eigenvalue weighted by Crippen LogP contribution is 2.32. The zero-order valence-corrected chi connectivity index (χ0v) is 10.4. The van der Waals surface area contributed by atoms with Gasteiger partial charge in [-0.15, -0.1) is 0 Å². The van der Waals surface area contributed by atoms with Gasteiger partial charge in [-0.1, -0.05) is 6.07 Å². The summed E-state index contributed by atoms with van der Waals surface area (Å²) in [5, 5.41) is 4.24. The first-order chi connectivity index (χ1) is 8.17. The smallest absolute Gasteiger partial charge is 0.128 e. The Hall–Kier alpha value is -1.81. The molecule has 2 aromatic rings. The molecule has 0 amide bonds. The average molecular weight is 231 g/mol. The molecule has 4 heteroatoms. The summed E-state index contributed by atoms with van der Waals surface area (Å²) in [4.78, 5) is 0. The van der Waals surface area contributed by atoms with Gasteiger partial charge >= 0.3 is 0 Å². The molecule has 0 saturated carbocycles. The van der Waals surface area contributed by atoms with Gasteiger partial charge in [-0.3, -0.25) is 4.68 Å². The number of ether oxygens (including phenoxy) is 1. The number of methoxy groups -OCH3 is 1. The molecule has 2 rings (SSSR count). The van der Waals surface area contributed by atoms with Gasteiger partial charge in [-0.2, -0.15) is 5.10 Å². The van der Waals surface area contributed by atoms with E-state index < -0.39 is 0 Å². The third-order valence-electron chi connectivity index (χ3n) is 2.85. The standard InChI is InChI=1S/C13H17N3O/c1-9-4-5-11(12(6-9)17-3)13-10(7-14)8-15-16(13)2/h4-6,8H,7,14H2,1-3H3. The molecule has 1 heterocycles. The van der Waals surface area contributed by atoms with Crippen LogP contribution in [0.4, 0.5) is 0 Å². The van der Waals surface area contributed by atoms with Crippen LogP contribution in [0.25, 0.3) is 11.3 Å². The van der Waals surface area contributed by atoms with E-state index in [2.05, 4.69) is 11.2 Å². The summed E-state index contributed by atoms with van der Waals surface area (Å²) in [6, 6.07) is 6.12. The Morgan fingerprint density at radius 2 is 2.18 bits per heavy atom. The van der Waals surface area contributed by atoms with Crippen molar-refractivity contribution in [1.82, 2.24) is 9.78 Å². The van der Waals surface area contributed by atoms with Crippen molar-refractivity contribution in [2.24, 2.45) is 12.8 Å². The van der Waals surface area contributed by atoms with Crippen molar-refractivity contribution in [1.29, 1.82) is 0 Å². The van der Waals surface area contributed by atoms with Crippen molar-refractivity contribution in [3.8, 4) is 17.0 Å². The Kier molecular flexibility index (Phi) is 3.15. The van der Waals surface area contributed by atoms with Gasteiger partial charge in [-0.25, -0.2) is 0 Å². The molecule has 0 aliphatic rings. The monoisotopic (exact) mass is 231 g/mol. The third-order valence-corrected chi connectivity index (χ3v) is 2.85. The number of aryl methyl sites for hydroxylation is 2. The van der Waals surface area contributed by atoms with Crippen LogP contribution in [0.5, 0.6) is 5.75 Å². The van der Waals surface area contributed by atoms with Crippen molar-refractivity contribution in [2.45, 2.75) is 13.5 Å². The third kappa shape index (κ3) is 2.03. The highest BCUT2D eigenvalue weighted by atomic mass is 16.5. The molecule has 0 atom stereocenters. The van der Waals surface area contributed by atoms with Crippen molar-refractivity contribution in [3.05, 3.63) is 35.5 Å². The van der Waals surface area contributed by atoms with Crippen LogP contribution in [-0.4, -0.2) is 16.9 Å². The number of aromatic nitrogens is 2. The summed E-state index contributed by atoms with van der Waals surface area (Å²) >= 11 is 0. The van der Waals surface area contributed by atoms with Crippen LogP contribution in [0.1, 0.15) is 11.1 Å². The minimum absolute atomic E-state index is 0.472.